The van der Waals surface area contributed by atoms with Gasteiger partial charge in [-0.2, -0.15) is 0 Å². The van der Waals surface area contributed by atoms with E-state index in [9.17, 15) is 5.11 Å². The van der Waals surface area contributed by atoms with Crippen molar-refractivity contribution in [3.63, 3.8) is 0 Å². The summed E-state index contributed by atoms with van der Waals surface area (Å²) in [4.78, 5) is 0. The van der Waals surface area contributed by atoms with Crippen molar-refractivity contribution in [1.82, 2.24) is 0 Å². The smallest absolute Gasteiger partial charge is 0.0761 e. The zero-order chi connectivity index (χ0) is 11.9. The Labute approximate surface area is 109 Å². The molecule has 1 aliphatic carbocycles. The van der Waals surface area contributed by atoms with Crippen LogP contribution in [0.5, 0.6) is 0 Å². The average molecular weight is 281 g/mol. The van der Waals surface area contributed by atoms with Crippen LogP contribution >= 0.6 is 34.8 Å². The molecular weight excluding hydrogens is 268 g/mol. The minimum atomic E-state index is -0.577. The summed E-state index contributed by atoms with van der Waals surface area (Å²) in [7, 11) is 0. The normalized spacial score (nSPS) is 19.6. The van der Waals surface area contributed by atoms with Crippen LogP contribution < -0.4 is 5.73 Å². The van der Waals surface area contributed by atoms with Crippen LogP contribution in [0, 0.1) is 5.92 Å². The van der Waals surface area contributed by atoms with Gasteiger partial charge in [0.1, 0.15) is 0 Å². The van der Waals surface area contributed by atoms with E-state index < -0.39 is 12.1 Å². The Balaban J connectivity index is 2.31. The number of aliphatic hydroxyl groups is 1. The van der Waals surface area contributed by atoms with Crippen LogP contribution in [0.4, 0.5) is 0 Å². The van der Waals surface area contributed by atoms with Gasteiger partial charge < -0.3 is 10.8 Å². The molecule has 0 heterocycles. The van der Waals surface area contributed by atoms with Gasteiger partial charge >= 0.3 is 0 Å². The van der Waals surface area contributed by atoms with Gasteiger partial charge in [0, 0.05) is 5.02 Å². The summed E-state index contributed by atoms with van der Waals surface area (Å²) in [5, 5.41) is 11.2. The van der Waals surface area contributed by atoms with E-state index in [1.807, 2.05) is 0 Å². The minimum absolute atomic E-state index is 0.281. The Hall–Kier alpha value is 0.01000. The third kappa shape index (κ3) is 2.47. The van der Waals surface area contributed by atoms with Crippen molar-refractivity contribution in [3.05, 3.63) is 32.8 Å². The van der Waals surface area contributed by atoms with Gasteiger partial charge in [-0.3, -0.25) is 0 Å². The number of hydrogen-bond donors (Lipinski definition) is 2. The molecule has 2 nitrogen and oxygen atoms in total. The van der Waals surface area contributed by atoms with E-state index in [1.165, 1.54) is 0 Å². The Morgan fingerprint density at radius 1 is 1.25 bits per heavy atom. The molecule has 16 heavy (non-hydrogen) atoms. The molecule has 1 aliphatic rings. The van der Waals surface area contributed by atoms with Gasteiger partial charge in [-0.05, 0) is 36.5 Å². The lowest BCUT2D eigenvalue weighted by Gasteiger charge is -2.20. The first kappa shape index (κ1) is 12.5. The van der Waals surface area contributed by atoms with Crippen LogP contribution in [0.3, 0.4) is 0 Å². The number of aliphatic hydroxyl groups excluding tert-OH is 1. The van der Waals surface area contributed by atoms with E-state index in [1.54, 1.807) is 12.1 Å². The van der Waals surface area contributed by atoms with Crippen LogP contribution in [0.2, 0.25) is 15.1 Å². The lowest BCUT2D eigenvalue weighted by molar-refractivity contribution is 0.122. The fourth-order valence-corrected chi connectivity index (χ4v) is 2.48. The molecule has 0 spiro atoms. The number of rotatable bonds is 3. The molecule has 1 aromatic rings. The van der Waals surface area contributed by atoms with Gasteiger partial charge in [0.05, 0.1) is 22.2 Å². The van der Waals surface area contributed by atoms with E-state index in [0.717, 1.165) is 12.8 Å². The summed E-state index contributed by atoms with van der Waals surface area (Å²) in [5.41, 5.74) is 6.58. The zero-order valence-electron chi connectivity index (χ0n) is 8.46. The summed E-state index contributed by atoms with van der Waals surface area (Å²) in [6.07, 6.45) is 1.45. The van der Waals surface area contributed by atoms with Crippen molar-refractivity contribution in [2.75, 3.05) is 0 Å². The van der Waals surface area contributed by atoms with E-state index in [-0.39, 0.29) is 5.92 Å². The maximum absolute atomic E-state index is 9.95. The molecule has 3 N–H and O–H groups in total. The number of halogens is 3. The van der Waals surface area contributed by atoms with Crippen molar-refractivity contribution in [2.24, 2.45) is 11.7 Å². The molecule has 1 aromatic carbocycles. The van der Waals surface area contributed by atoms with Crippen LogP contribution in [0.1, 0.15) is 24.4 Å². The zero-order valence-corrected chi connectivity index (χ0v) is 10.7. The van der Waals surface area contributed by atoms with Gasteiger partial charge in [0.15, 0.2) is 0 Å². The highest BCUT2D eigenvalue weighted by Crippen LogP contribution is 2.40. The largest absolute Gasteiger partial charge is 0.391 e. The van der Waals surface area contributed by atoms with E-state index >= 15 is 0 Å². The van der Waals surface area contributed by atoms with E-state index in [2.05, 4.69) is 0 Å². The molecule has 0 aromatic heterocycles. The Morgan fingerprint density at radius 3 is 2.44 bits per heavy atom. The molecule has 0 radical (unpaired) electrons. The summed E-state index contributed by atoms with van der Waals surface area (Å²) >= 11 is 17.8. The van der Waals surface area contributed by atoms with Gasteiger partial charge in [-0.1, -0.05) is 34.8 Å². The standard InChI is InChI=1S/C11H12Cl3NO/c12-6-3-7(9(14)8(13)4-6)10(15)11(16)5-1-2-5/h3-5,10-11,16H,1-2,15H2/t10-,11+/m0/s1. The first-order valence-electron chi connectivity index (χ1n) is 5.09. The summed E-state index contributed by atoms with van der Waals surface area (Å²) in [6, 6.07) is 2.69. The van der Waals surface area contributed by atoms with Gasteiger partial charge in [0.2, 0.25) is 0 Å². The lowest BCUT2D eigenvalue weighted by atomic mass is 9.99. The van der Waals surface area contributed by atoms with Gasteiger partial charge in [-0.25, -0.2) is 0 Å². The van der Waals surface area contributed by atoms with Crippen molar-refractivity contribution in [3.8, 4) is 0 Å². The lowest BCUT2D eigenvalue weighted by Crippen LogP contribution is -2.28. The fraction of sp³-hybridized carbons (Fsp3) is 0.455. The highest BCUT2D eigenvalue weighted by molar-refractivity contribution is 6.43. The van der Waals surface area contributed by atoms with Crippen molar-refractivity contribution < 1.29 is 5.11 Å². The van der Waals surface area contributed by atoms with Crippen molar-refractivity contribution in [1.29, 1.82) is 0 Å². The second-order valence-electron chi connectivity index (χ2n) is 4.14. The van der Waals surface area contributed by atoms with Crippen molar-refractivity contribution in [2.45, 2.75) is 25.0 Å². The number of hydrogen-bond acceptors (Lipinski definition) is 2. The summed E-state index contributed by atoms with van der Waals surface area (Å²) in [5.74, 6) is 0.281. The van der Waals surface area contributed by atoms with Gasteiger partial charge in [-0.15, -0.1) is 0 Å². The quantitative estimate of drug-likeness (QED) is 0.833. The molecule has 1 saturated carbocycles. The molecule has 1 fully saturated rings. The molecule has 5 heteroatoms. The van der Waals surface area contributed by atoms with Crippen LogP contribution in [0.25, 0.3) is 0 Å². The maximum Gasteiger partial charge on any atom is 0.0761 e. The third-order valence-electron chi connectivity index (χ3n) is 2.85. The first-order chi connectivity index (χ1) is 7.50. The molecular formula is C11H12Cl3NO. The summed E-state index contributed by atoms with van der Waals surface area (Å²) in [6.45, 7) is 0. The second kappa shape index (κ2) is 4.71. The monoisotopic (exact) mass is 279 g/mol. The van der Waals surface area contributed by atoms with Crippen molar-refractivity contribution >= 4 is 34.8 Å². The second-order valence-corrected chi connectivity index (χ2v) is 5.37. The molecule has 88 valence electrons. The average Bonchev–Trinajstić information content (AvgIpc) is 3.05. The molecule has 0 aliphatic heterocycles. The van der Waals surface area contributed by atoms with Gasteiger partial charge in [0.25, 0.3) is 0 Å². The van der Waals surface area contributed by atoms with Crippen LogP contribution in [-0.2, 0) is 0 Å². The van der Waals surface area contributed by atoms with Crippen LogP contribution in [-0.4, -0.2) is 11.2 Å². The topological polar surface area (TPSA) is 46.2 Å². The predicted octanol–water partition coefficient (Wildman–Crippen LogP) is 3.42. The van der Waals surface area contributed by atoms with Crippen LogP contribution in [0.15, 0.2) is 12.1 Å². The Kier molecular flexibility index (Phi) is 3.67. The Bertz CT molecular complexity index is 406. The molecule has 2 rings (SSSR count). The number of nitrogens with two attached hydrogens (primary N) is 1. The van der Waals surface area contributed by atoms with E-state index in [4.69, 9.17) is 40.5 Å². The molecule has 0 unspecified atom stereocenters. The fourth-order valence-electron chi connectivity index (χ4n) is 1.73. The number of benzene rings is 1. The van der Waals surface area contributed by atoms with E-state index in [0.29, 0.717) is 20.6 Å². The molecule has 2 atom stereocenters. The maximum atomic E-state index is 9.95. The Morgan fingerprint density at radius 2 is 1.88 bits per heavy atom. The highest BCUT2D eigenvalue weighted by Gasteiger charge is 2.35. The molecule has 0 bridgehead atoms. The summed E-state index contributed by atoms with van der Waals surface area (Å²) < 4.78 is 0. The third-order valence-corrected chi connectivity index (χ3v) is 3.89. The SMILES string of the molecule is N[C@@H](c1cc(Cl)cc(Cl)c1Cl)[C@H](O)C1CC1. The predicted molar refractivity (Wildman–Crippen MR) is 67.1 cm³/mol. The highest BCUT2D eigenvalue weighted by atomic mass is 35.5. The molecule has 0 saturated heterocycles. The minimum Gasteiger partial charge on any atom is -0.391 e. The molecule has 0 amide bonds. The first-order valence-corrected chi connectivity index (χ1v) is 6.22.